The fraction of sp³-hybridized carbons (Fsp3) is 0.423. The van der Waals surface area contributed by atoms with Gasteiger partial charge in [-0.25, -0.2) is 0 Å². The van der Waals surface area contributed by atoms with Crippen molar-refractivity contribution < 1.29 is 19.1 Å². The molecule has 0 radical (unpaired) electrons. The normalized spacial score (nSPS) is 19.9. The molecule has 33 heavy (non-hydrogen) atoms. The Hall–Kier alpha value is -3.35. The maximum Gasteiger partial charge on any atom is 0.251 e. The molecule has 2 aromatic carbocycles. The average Bonchev–Trinajstić information content (AvgIpc) is 3.58. The summed E-state index contributed by atoms with van der Waals surface area (Å²) in [5.74, 6) is -0.159. The highest BCUT2D eigenvalue weighted by Gasteiger charge is 2.44. The molecule has 1 saturated heterocycles. The second kappa shape index (κ2) is 10.1. The van der Waals surface area contributed by atoms with Crippen molar-refractivity contribution in [3.63, 3.8) is 0 Å². The van der Waals surface area contributed by atoms with Crippen LogP contribution in [0.4, 0.5) is 5.69 Å². The summed E-state index contributed by atoms with van der Waals surface area (Å²) >= 11 is 0. The highest BCUT2D eigenvalue weighted by Crippen LogP contribution is 2.39. The molecular formula is C26H31N3O4. The zero-order chi connectivity index (χ0) is 23.4. The lowest BCUT2D eigenvalue weighted by molar-refractivity contribution is -0.129. The van der Waals surface area contributed by atoms with E-state index in [0.717, 1.165) is 37.0 Å². The van der Waals surface area contributed by atoms with Crippen LogP contribution in [0.1, 0.15) is 61.0 Å². The number of anilines is 1. The first-order valence-electron chi connectivity index (χ1n) is 11.7. The monoisotopic (exact) mass is 449 g/mol. The number of benzene rings is 2. The Bertz CT molecular complexity index is 1020. The molecule has 0 unspecified atom stereocenters. The predicted molar refractivity (Wildman–Crippen MR) is 126 cm³/mol. The topological polar surface area (TPSA) is 87.7 Å². The molecule has 1 heterocycles. The van der Waals surface area contributed by atoms with Crippen LogP contribution in [-0.4, -0.2) is 42.3 Å². The van der Waals surface area contributed by atoms with E-state index in [0.29, 0.717) is 17.8 Å². The molecule has 1 aliphatic carbocycles. The maximum atomic E-state index is 13.3. The summed E-state index contributed by atoms with van der Waals surface area (Å²) in [5, 5.41) is 5.91. The number of unbranched alkanes of at least 4 members (excludes halogenated alkanes) is 1. The van der Waals surface area contributed by atoms with Crippen molar-refractivity contribution in [3.8, 4) is 5.75 Å². The Morgan fingerprint density at radius 2 is 1.88 bits per heavy atom. The Morgan fingerprint density at radius 3 is 2.55 bits per heavy atom. The molecular weight excluding hydrogens is 418 g/mol. The molecule has 2 aliphatic rings. The van der Waals surface area contributed by atoms with Crippen LogP contribution < -0.4 is 15.4 Å². The number of ether oxygens (including phenoxy) is 1. The van der Waals surface area contributed by atoms with Crippen LogP contribution in [0.3, 0.4) is 0 Å². The summed E-state index contributed by atoms with van der Waals surface area (Å²) in [7, 11) is 1.61. The van der Waals surface area contributed by atoms with Gasteiger partial charge >= 0.3 is 0 Å². The highest BCUT2D eigenvalue weighted by molar-refractivity contribution is 6.00. The van der Waals surface area contributed by atoms with Gasteiger partial charge in [-0.2, -0.15) is 0 Å². The van der Waals surface area contributed by atoms with E-state index in [4.69, 9.17) is 4.74 Å². The molecule has 0 aromatic heterocycles. The highest BCUT2D eigenvalue weighted by atomic mass is 16.5. The minimum absolute atomic E-state index is 0.0121. The van der Waals surface area contributed by atoms with Crippen molar-refractivity contribution in [2.75, 3.05) is 19.0 Å². The zero-order valence-corrected chi connectivity index (χ0v) is 19.2. The number of methoxy groups -OCH3 is 1. The lowest BCUT2D eigenvalue weighted by atomic mass is 9.92. The molecule has 1 saturated carbocycles. The first kappa shape index (κ1) is 22.8. The van der Waals surface area contributed by atoms with Crippen LogP contribution in [0.5, 0.6) is 5.75 Å². The van der Waals surface area contributed by atoms with Gasteiger partial charge in [0, 0.05) is 30.3 Å². The van der Waals surface area contributed by atoms with Crippen molar-refractivity contribution >= 4 is 23.4 Å². The summed E-state index contributed by atoms with van der Waals surface area (Å²) in [6.45, 7) is 2.70. The average molecular weight is 450 g/mol. The van der Waals surface area contributed by atoms with Crippen LogP contribution in [0.2, 0.25) is 0 Å². The van der Waals surface area contributed by atoms with E-state index < -0.39 is 5.92 Å². The van der Waals surface area contributed by atoms with E-state index in [1.165, 1.54) is 0 Å². The zero-order valence-electron chi connectivity index (χ0n) is 19.2. The quantitative estimate of drug-likeness (QED) is 0.608. The summed E-state index contributed by atoms with van der Waals surface area (Å²) < 4.78 is 5.26. The fourth-order valence-electron chi connectivity index (χ4n) is 4.30. The van der Waals surface area contributed by atoms with Crippen molar-refractivity contribution in [1.82, 2.24) is 10.2 Å². The minimum Gasteiger partial charge on any atom is -0.497 e. The molecule has 2 fully saturated rings. The molecule has 0 spiro atoms. The van der Waals surface area contributed by atoms with Gasteiger partial charge in [-0.15, -0.1) is 0 Å². The van der Waals surface area contributed by atoms with Crippen LogP contribution in [0.25, 0.3) is 0 Å². The van der Waals surface area contributed by atoms with Gasteiger partial charge in [0.25, 0.3) is 5.91 Å². The maximum absolute atomic E-state index is 13.3. The van der Waals surface area contributed by atoms with Gasteiger partial charge < -0.3 is 20.3 Å². The van der Waals surface area contributed by atoms with E-state index in [9.17, 15) is 14.4 Å². The van der Waals surface area contributed by atoms with E-state index in [1.54, 1.807) is 31.4 Å². The SMILES string of the molecule is CCCCN1C(=O)C[C@H](C(=O)Nc2cccc(C(=O)NC3CC3)c2)[C@@H]1c1ccc(OC)cc1. The number of amides is 3. The van der Waals surface area contributed by atoms with Gasteiger partial charge in [0.1, 0.15) is 5.75 Å². The van der Waals surface area contributed by atoms with Crippen molar-refractivity contribution in [2.45, 2.75) is 51.1 Å². The van der Waals surface area contributed by atoms with Crippen molar-refractivity contribution in [3.05, 3.63) is 59.7 Å². The van der Waals surface area contributed by atoms with Gasteiger partial charge in [-0.05, 0) is 55.2 Å². The second-order valence-electron chi connectivity index (χ2n) is 8.79. The van der Waals surface area contributed by atoms with Gasteiger partial charge in [-0.3, -0.25) is 14.4 Å². The summed E-state index contributed by atoms with van der Waals surface area (Å²) in [5.41, 5.74) is 1.98. The van der Waals surface area contributed by atoms with Crippen LogP contribution in [-0.2, 0) is 9.59 Å². The lowest BCUT2D eigenvalue weighted by Crippen LogP contribution is -2.33. The number of nitrogens with zero attached hydrogens (tertiary/aromatic N) is 1. The third-order valence-corrected chi connectivity index (χ3v) is 6.28. The lowest BCUT2D eigenvalue weighted by Gasteiger charge is -2.28. The number of carbonyl (C=O) groups is 3. The number of hydrogen-bond acceptors (Lipinski definition) is 4. The Morgan fingerprint density at radius 1 is 1.12 bits per heavy atom. The van der Waals surface area contributed by atoms with Crippen molar-refractivity contribution in [1.29, 1.82) is 0 Å². The van der Waals surface area contributed by atoms with E-state index in [1.807, 2.05) is 29.2 Å². The first-order chi connectivity index (χ1) is 16.0. The van der Waals surface area contributed by atoms with Crippen LogP contribution in [0, 0.1) is 5.92 Å². The predicted octanol–water partition coefficient (Wildman–Crippen LogP) is 3.92. The Labute approximate surface area is 194 Å². The number of nitrogens with one attached hydrogen (secondary N) is 2. The molecule has 2 N–H and O–H groups in total. The number of carbonyl (C=O) groups excluding carboxylic acids is 3. The molecule has 0 bridgehead atoms. The van der Waals surface area contributed by atoms with Gasteiger partial charge in [0.15, 0.2) is 0 Å². The molecule has 2 aromatic rings. The second-order valence-corrected chi connectivity index (χ2v) is 8.79. The number of hydrogen-bond donors (Lipinski definition) is 2. The molecule has 4 rings (SSSR count). The number of rotatable bonds is 9. The number of likely N-dealkylation sites (tertiary alicyclic amines) is 1. The largest absolute Gasteiger partial charge is 0.497 e. The summed E-state index contributed by atoms with van der Waals surface area (Å²) in [4.78, 5) is 40.4. The van der Waals surface area contributed by atoms with Gasteiger partial charge in [0.05, 0.1) is 19.1 Å². The van der Waals surface area contributed by atoms with Crippen LogP contribution >= 0.6 is 0 Å². The molecule has 2 atom stereocenters. The fourth-order valence-corrected chi connectivity index (χ4v) is 4.30. The molecule has 3 amide bonds. The minimum atomic E-state index is -0.522. The summed E-state index contributed by atoms with van der Waals surface area (Å²) in [6.07, 6.45) is 4.03. The van der Waals surface area contributed by atoms with E-state index in [2.05, 4.69) is 17.6 Å². The third-order valence-electron chi connectivity index (χ3n) is 6.28. The van der Waals surface area contributed by atoms with Gasteiger partial charge in [-0.1, -0.05) is 31.5 Å². The standard InChI is InChI=1S/C26H31N3O4/c1-3-4-14-29-23(30)16-22(24(29)17-8-12-21(33-2)13-9-17)26(32)28-20-7-5-6-18(15-20)25(31)27-19-10-11-19/h5-9,12-13,15,19,22,24H,3-4,10-11,14,16H2,1-2H3,(H,27,31)(H,28,32)/t22-,24-/m0/s1. The van der Waals surface area contributed by atoms with E-state index in [-0.39, 0.29) is 36.2 Å². The third kappa shape index (κ3) is 5.35. The van der Waals surface area contributed by atoms with Crippen molar-refractivity contribution in [2.24, 2.45) is 5.92 Å². The molecule has 1 aliphatic heterocycles. The molecule has 7 heteroatoms. The Kier molecular flexibility index (Phi) is 6.96. The molecule has 174 valence electrons. The first-order valence-corrected chi connectivity index (χ1v) is 11.7. The summed E-state index contributed by atoms with van der Waals surface area (Å²) in [6, 6.07) is 14.4. The van der Waals surface area contributed by atoms with Crippen LogP contribution in [0.15, 0.2) is 48.5 Å². The van der Waals surface area contributed by atoms with E-state index >= 15 is 0 Å². The van der Waals surface area contributed by atoms with Gasteiger partial charge in [0.2, 0.25) is 11.8 Å². The Balaban J connectivity index is 1.54. The molecule has 7 nitrogen and oxygen atoms in total. The smallest absolute Gasteiger partial charge is 0.251 e.